The number of ether oxygens (including phenoxy) is 1. The van der Waals surface area contributed by atoms with Gasteiger partial charge in [0, 0.05) is 16.9 Å². The molecule has 0 spiro atoms. The predicted molar refractivity (Wildman–Crippen MR) is 127 cm³/mol. The van der Waals surface area contributed by atoms with Gasteiger partial charge in [0.25, 0.3) is 5.95 Å². The molecule has 0 aliphatic rings. The maximum absolute atomic E-state index is 10.2. The summed E-state index contributed by atoms with van der Waals surface area (Å²) in [6.45, 7) is 5.85. The lowest BCUT2D eigenvalue weighted by atomic mass is 10.2. The Hall–Kier alpha value is -4.47. The summed E-state index contributed by atoms with van der Waals surface area (Å²) in [7, 11) is 1.49. The third-order valence-corrected chi connectivity index (χ3v) is 4.75. The molecule has 0 fully saturated rings. The first-order valence-corrected chi connectivity index (χ1v) is 10.2. The van der Waals surface area contributed by atoms with E-state index < -0.39 is 0 Å². The van der Waals surface area contributed by atoms with Crippen LogP contribution in [0.5, 0.6) is 11.5 Å². The number of benzene rings is 2. The first-order valence-electron chi connectivity index (χ1n) is 10.2. The Morgan fingerprint density at radius 2 is 1.76 bits per heavy atom. The molecule has 33 heavy (non-hydrogen) atoms. The number of methoxy groups -OCH3 is 1. The fraction of sp³-hybridized carbons (Fsp3) is 0.174. The van der Waals surface area contributed by atoms with Crippen molar-refractivity contribution in [2.24, 2.45) is 5.10 Å². The van der Waals surface area contributed by atoms with Crippen LogP contribution < -0.4 is 15.5 Å². The molecular formula is C23H24N8O2. The van der Waals surface area contributed by atoms with Gasteiger partial charge in [-0.15, -0.1) is 0 Å². The number of hydrogen-bond acceptors (Lipinski definition) is 9. The van der Waals surface area contributed by atoms with E-state index in [1.54, 1.807) is 22.9 Å². The third kappa shape index (κ3) is 5.06. The van der Waals surface area contributed by atoms with Gasteiger partial charge in [0.15, 0.2) is 11.5 Å². The topological polar surface area (TPSA) is 122 Å². The van der Waals surface area contributed by atoms with E-state index in [-0.39, 0.29) is 11.7 Å². The highest BCUT2D eigenvalue weighted by Gasteiger charge is 2.12. The number of phenolic OH excluding ortho intramolecular Hbond substituents is 1. The molecular weight excluding hydrogens is 420 g/mol. The molecule has 4 aromatic rings. The van der Waals surface area contributed by atoms with E-state index in [0.29, 0.717) is 23.2 Å². The van der Waals surface area contributed by atoms with Crippen LogP contribution in [0.1, 0.15) is 22.5 Å². The molecule has 2 aromatic heterocycles. The van der Waals surface area contributed by atoms with Gasteiger partial charge >= 0.3 is 0 Å². The lowest BCUT2D eigenvalue weighted by Gasteiger charge is -2.10. The van der Waals surface area contributed by atoms with Crippen molar-refractivity contribution in [3.63, 3.8) is 0 Å². The SMILES string of the molecule is COc1cccc(/C=N/Nc2nc(Nc3ccc(C)cc3)nc(-n3nc(C)cc3C)n2)c1O. The van der Waals surface area contributed by atoms with Crippen molar-refractivity contribution < 1.29 is 9.84 Å². The Morgan fingerprint density at radius 3 is 2.45 bits per heavy atom. The number of nitrogens with zero attached hydrogens (tertiary/aromatic N) is 6. The molecule has 3 N–H and O–H groups in total. The van der Waals surface area contributed by atoms with Crippen molar-refractivity contribution in [3.8, 4) is 17.4 Å². The minimum Gasteiger partial charge on any atom is -0.504 e. The lowest BCUT2D eigenvalue weighted by Crippen LogP contribution is -2.11. The number of aryl methyl sites for hydroxylation is 3. The quantitative estimate of drug-likeness (QED) is 0.290. The minimum atomic E-state index is -0.00810. The van der Waals surface area contributed by atoms with Gasteiger partial charge in [-0.05, 0) is 51.1 Å². The van der Waals surface area contributed by atoms with Gasteiger partial charge < -0.3 is 15.2 Å². The number of rotatable bonds is 7. The van der Waals surface area contributed by atoms with Gasteiger partial charge in [0.1, 0.15) is 0 Å². The fourth-order valence-corrected chi connectivity index (χ4v) is 3.13. The molecule has 0 atom stereocenters. The number of phenols is 1. The van der Waals surface area contributed by atoms with Crippen LogP contribution in [0.4, 0.5) is 17.6 Å². The Kier molecular flexibility index (Phi) is 6.16. The zero-order valence-corrected chi connectivity index (χ0v) is 18.7. The monoisotopic (exact) mass is 444 g/mol. The molecule has 0 aliphatic heterocycles. The number of aromatic nitrogens is 5. The molecule has 0 saturated carbocycles. The van der Waals surface area contributed by atoms with Crippen LogP contribution in [-0.2, 0) is 0 Å². The van der Waals surface area contributed by atoms with Crippen molar-refractivity contribution in [1.29, 1.82) is 0 Å². The first kappa shape index (κ1) is 21.8. The standard InChI is InChI=1S/C23H24N8O2/c1-14-8-10-18(11-9-14)25-21-26-22(28-23(27-21)31-16(3)12-15(2)30-31)29-24-13-17-6-5-7-19(33-4)20(17)32/h5-13,32H,1-4H3,(H2,25,26,27,28,29)/b24-13+. The molecule has 2 aromatic carbocycles. The summed E-state index contributed by atoms with van der Waals surface area (Å²) in [5, 5.41) is 22.1. The second-order valence-corrected chi connectivity index (χ2v) is 7.38. The van der Waals surface area contributed by atoms with Crippen molar-refractivity contribution in [2.45, 2.75) is 20.8 Å². The van der Waals surface area contributed by atoms with E-state index in [4.69, 9.17) is 4.74 Å². The third-order valence-electron chi connectivity index (χ3n) is 4.75. The molecule has 0 amide bonds. The van der Waals surface area contributed by atoms with E-state index in [2.05, 4.69) is 35.9 Å². The smallest absolute Gasteiger partial charge is 0.257 e. The highest BCUT2D eigenvalue weighted by molar-refractivity contribution is 5.85. The van der Waals surface area contributed by atoms with Crippen LogP contribution in [0.25, 0.3) is 5.95 Å². The molecule has 0 radical (unpaired) electrons. The molecule has 10 nitrogen and oxygen atoms in total. The number of nitrogens with one attached hydrogen (secondary N) is 2. The van der Waals surface area contributed by atoms with Crippen molar-refractivity contribution >= 4 is 23.8 Å². The Morgan fingerprint density at radius 1 is 1.00 bits per heavy atom. The summed E-state index contributed by atoms with van der Waals surface area (Å²) >= 11 is 0. The summed E-state index contributed by atoms with van der Waals surface area (Å²) < 4.78 is 6.76. The molecule has 168 valence electrons. The zero-order chi connectivity index (χ0) is 23.4. The average molecular weight is 444 g/mol. The van der Waals surface area contributed by atoms with Crippen LogP contribution in [-0.4, -0.2) is 43.2 Å². The lowest BCUT2D eigenvalue weighted by molar-refractivity contribution is 0.373. The molecule has 0 unspecified atom stereocenters. The number of para-hydroxylation sites is 1. The number of aromatic hydroxyl groups is 1. The summed E-state index contributed by atoms with van der Waals surface area (Å²) in [4.78, 5) is 13.4. The second-order valence-electron chi connectivity index (χ2n) is 7.38. The van der Waals surface area contributed by atoms with E-state index >= 15 is 0 Å². The molecule has 0 bridgehead atoms. The zero-order valence-electron chi connectivity index (χ0n) is 18.7. The number of anilines is 3. The maximum atomic E-state index is 10.2. The maximum Gasteiger partial charge on any atom is 0.257 e. The first-order chi connectivity index (χ1) is 15.9. The molecule has 0 aliphatic carbocycles. The van der Waals surface area contributed by atoms with E-state index in [0.717, 1.165) is 22.6 Å². The van der Waals surface area contributed by atoms with E-state index in [1.165, 1.54) is 13.3 Å². The number of hydrazone groups is 1. The largest absolute Gasteiger partial charge is 0.504 e. The van der Waals surface area contributed by atoms with Gasteiger partial charge in [-0.1, -0.05) is 23.8 Å². The molecule has 2 heterocycles. The van der Waals surface area contributed by atoms with Crippen LogP contribution in [0, 0.1) is 20.8 Å². The van der Waals surface area contributed by atoms with Crippen molar-refractivity contribution in [1.82, 2.24) is 24.7 Å². The van der Waals surface area contributed by atoms with Crippen molar-refractivity contribution in [3.05, 3.63) is 71.0 Å². The summed E-state index contributed by atoms with van der Waals surface area (Å²) in [6, 6.07) is 14.9. The normalized spacial score (nSPS) is 11.0. The fourth-order valence-electron chi connectivity index (χ4n) is 3.13. The van der Waals surface area contributed by atoms with Gasteiger partial charge in [0.05, 0.1) is 19.0 Å². The van der Waals surface area contributed by atoms with Gasteiger partial charge in [0.2, 0.25) is 11.9 Å². The van der Waals surface area contributed by atoms with E-state index in [9.17, 15) is 5.11 Å². The minimum absolute atomic E-state index is 0.00810. The van der Waals surface area contributed by atoms with Gasteiger partial charge in [-0.25, -0.2) is 10.1 Å². The average Bonchev–Trinajstić information content (AvgIpc) is 3.14. The molecule has 10 heteroatoms. The van der Waals surface area contributed by atoms with Gasteiger partial charge in [-0.2, -0.15) is 25.2 Å². The highest BCUT2D eigenvalue weighted by Crippen LogP contribution is 2.28. The second kappa shape index (κ2) is 9.35. The van der Waals surface area contributed by atoms with E-state index in [1.807, 2.05) is 51.1 Å². The number of hydrogen-bond donors (Lipinski definition) is 3. The van der Waals surface area contributed by atoms with Crippen LogP contribution in [0.15, 0.2) is 53.6 Å². The van der Waals surface area contributed by atoms with Crippen LogP contribution >= 0.6 is 0 Å². The van der Waals surface area contributed by atoms with Gasteiger partial charge in [-0.3, -0.25) is 0 Å². The Labute approximate surface area is 191 Å². The summed E-state index contributed by atoms with van der Waals surface area (Å²) in [6.07, 6.45) is 1.46. The predicted octanol–water partition coefficient (Wildman–Crippen LogP) is 3.89. The van der Waals surface area contributed by atoms with Crippen LogP contribution in [0.2, 0.25) is 0 Å². The molecule has 0 saturated heterocycles. The highest BCUT2D eigenvalue weighted by atomic mass is 16.5. The molecule has 4 rings (SSSR count). The van der Waals surface area contributed by atoms with Crippen molar-refractivity contribution in [2.75, 3.05) is 17.9 Å². The summed E-state index contributed by atoms with van der Waals surface area (Å²) in [5.74, 6) is 1.23. The Balaban J connectivity index is 1.65. The summed E-state index contributed by atoms with van der Waals surface area (Å²) in [5.41, 5.74) is 7.00. The Bertz CT molecular complexity index is 1300. The van der Waals surface area contributed by atoms with Crippen LogP contribution in [0.3, 0.4) is 0 Å².